The summed E-state index contributed by atoms with van der Waals surface area (Å²) in [6.07, 6.45) is 1.56. The number of piperidine rings is 1. The van der Waals surface area contributed by atoms with Gasteiger partial charge in [0, 0.05) is 26.6 Å². The minimum Gasteiger partial charge on any atom is -0.479 e. The molecule has 1 rings (SSSR count). The van der Waals surface area contributed by atoms with Crippen LogP contribution in [0.2, 0.25) is 0 Å². The summed E-state index contributed by atoms with van der Waals surface area (Å²) in [5.74, 6) is -1.09. The van der Waals surface area contributed by atoms with Gasteiger partial charge in [-0.05, 0) is 25.7 Å². The highest BCUT2D eigenvalue weighted by atomic mass is 16.4. The van der Waals surface area contributed by atoms with Crippen LogP contribution in [0.4, 0.5) is 4.79 Å². The van der Waals surface area contributed by atoms with E-state index in [1.807, 2.05) is 0 Å². The number of nitrogens with zero attached hydrogens (tertiary/aromatic N) is 1. The van der Waals surface area contributed by atoms with E-state index in [2.05, 4.69) is 10.6 Å². The van der Waals surface area contributed by atoms with Crippen molar-refractivity contribution in [2.45, 2.75) is 32.3 Å². The lowest BCUT2D eigenvalue weighted by atomic mass is 9.97. The molecule has 1 aliphatic heterocycles. The van der Waals surface area contributed by atoms with Gasteiger partial charge in [0.2, 0.25) is 5.91 Å². The third-order valence-electron chi connectivity index (χ3n) is 3.59. The third-order valence-corrected chi connectivity index (χ3v) is 3.59. The van der Waals surface area contributed by atoms with Crippen molar-refractivity contribution < 1.29 is 24.6 Å². The van der Waals surface area contributed by atoms with E-state index in [9.17, 15) is 19.5 Å². The van der Waals surface area contributed by atoms with Gasteiger partial charge in [0.05, 0.1) is 6.54 Å². The Morgan fingerprint density at radius 1 is 1.24 bits per heavy atom. The molecule has 1 atom stereocenters. The predicted octanol–water partition coefficient (Wildman–Crippen LogP) is -0.620. The van der Waals surface area contributed by atoms with Gasteiger partial charge in [-0.1, -0.05) is 0 Å². The van der Waals surface area contributed by atoms with Gasteiger partial charge < -0.3 is 25.7 Å². The molecule has 0 aromatic rings. The molecular weight excluding hydrogens is 278 g/mol. The standard InChI is InChI=1S/C13H23N3O5/c1-9(17)14-7-10-3-5-16(6-4-10)12(20)15-8-13(2,21)11(18)19/h10,21H,3-8H2,1-2H3,(H,14,17)(H,15,20)(H,18,19). The minimum atomic E-state index is -1.97. The number of hydrogen-bond donors (Lipinski definition) is 4. The molecule has 4 N–H and O–H groups in total. The molecule has 1 unspecified atom stereocenters. The number of aliphatic carboxylic acids is 1. The first-order chi connectivity index (χ1) is 9.72. The monoisotopic (exact) mass is 301 g/mol. The number of amides is 3. The Kier molecular flexibility index (Phi) is 5.95. The van der Waals surface area contributed by atoms with Crippen LogP contribution in [0.3, 0.4) is 0 Å². The number of urea groups is 1. The lowest BCUT2D eigenvalue weighted by Gasteiger charge is -2.32. The van der Waals surface area contributed by atoms with Gasteiger partial charge in [0.1, 0.15) is 0 Å². The molecule has 0 aromatic carbocycles. The van der Waals surface area contributed by atoms with Crippen LogP contribution >= 0.6 is 0 Å². The second-order valence-electron chi connectivity index (χ2n) is 5.61. The number of aliphatic hydroxyl groups is 1. The van der Waals surface area contributed by atoms with Crippen molar-refractivity contribution in [1.82, 2.24) is 15.5 Å². The fourth-order valence-electron chi connectivity index (χ4n) is 2.06. The molecule has 1 heterocycles. The Morgan fingerprint density at radius 2 is 1.81 bits per heavy atom. The quantitative estimate of drug-likeness (QED) is 0.539. The van der Waals surface area contributed by atoms with Crippen molar-refractivity contribution in [3.05, 3.63) is 0 Å². The molecule has 0 spiro atoms. The summed E-state index contributed by atoms with van der Waals surface area (Å²) in [6.45, 7) is 3.97. The third kappa shape index (κ3) is 5.58. The van der Waals surface area contributed by atoms with Crippen LogP contribution < -0.4 is 10.6 Å². The normalized spacial score (nSPS) is 18.7. The van der Waals surface area contributed by atoms with Gasteiger partial charge in [0.25, 0.3) is 0 Å². The number of carbonyl (C=O) groups is 3. The number of carboxylic acid groups (broad SMARTS) is 1. The Balaban J connectivity index is 2.32. The van der Waals surface area contributed by atoms with E-state index in [-0.39, 0.29) is 18.5 Å². The average Bonchev–Trinajstić information content (AvgIpc) is 2.43. The minimum absolute atomic E-state index is 0.0638. The molecule has 1 fully saturated rings. The highest BCUT2D eigenvalue weighted by molar-refractivity contribution is 5.79. The Morgan fingerprint density at radius 3 is 2.29 bits per heavy atom. The summed E-state index contributed by atoms with van der Waals surface area (Å²) in [5.41, 5.74) is -1.97. The zero-order chi connectivity index (χ0) is 16.0. The summed E-state index contributed by atoms with van der Waals surface area (Å²) in [5, 5.41) is 23.5. The van der Waals surface area contributed by atoms with E-state index >= 15 is 0 Å². The summed E-state index contributed by atoms with van der Waals surface area (Å²) in [6, 6.07) is -0.380. The highest BCUT2D eigenvalue weighted by Gasteiger charge is 2.31. The van der Waals surface area contributed by atoms with E-state index in [0.717, 1.165) is 19.8 Å². The summed E-state index contributed by atoms with van der Waals surface area (Å²) in [4.78, 5) is 35.0. The van der Waals surface area contributed by atoms with E-state index in [4.69, 9.17) is 5.11 Å². The van der Waals surface area contributed by atoms with Crippen LogP contribution in [0.25, 0.3) is 0 Å². The second kappa shape index (κ2) is 7.26. The summed E-state index contributed by atoms with van der Waals surface area (Å²) < 4.78 is 0. The number of hydrogen-bond acceptors (Lipinski definition) is 4. The molecule has 8 heteroatoms. The van der Waals surface area contributed by atoms with Gasteiger partial charge in [-0.2, -0.15) is 0 Å². The van der Waals surface area contributed by atoms with E-state index in [0.29, 0.717) is 25.6 Å². The van der Waals surface area contributed by atoms with Crippen LogP contribution in [-0.2, 0) is 9.59 Å². The lowest BCUT2D eigenvalue weighted by Crippen LogP contribution is -2.51. The first-order valence-corrected chi connectivity index (χ1v) is 6.95. The first kappa shape index (κ1) is 17.2. The SMILES string of the molecule is CC(=O)NCC1CCN(C(=O)NCC(C)(O)C(=O)O)CC1. The van der Waals surface area contributed by atoms with Crippen molar-refractivity contribution in [3.63, 3.8) is 0 Å². The van der Waals surface area contributed by atoms with Crippen molar-refractivity contribution >= 4 is 17.9 Å². The average molecular weight is 301 g/mol. The van der Waals surface area contributed by atoms with Crippen LogP contribution in [-0.4, -0.2) is 64.8 Å². The molecule has 1 saturated heterocycles. The van der Waals surface area contributed by atoms with Crippen LogP contribution in [0, 0.1) is 5.92 Å². The molecule has 1 aliphatic rings. The fraction of sp³-hybridized carbons (Fsp3) is 0.769. The number of likely N-dealkylation sites (tertiary alicyclic amines) is 1. The maximum Gasteiger partial charge on any atom is 0.337 e. The van der Waals surface area contributed by atoms with Gasteiger partial charge in [-0.15, -0.1) is 0 Å². The zero-order valence-electron chi connectivity index (χ0n) is 12.4. The van der Waals surface area contributed by atoms with Gasteiger partial charge in [0.15, 0.2) is 5.60 Å². The van der Waals surface area contributed by atoms with E-state index < -0.39 is 11.6 Å². The Labute approximate surface area is 123 Å². The lowest BCUT2D eigenvalue weighted by molar-refractivity contribution is -0.155. The maximum absolute atomic E-state index is 11.9. The molecule has 120 valence electrons. The van der Waals surface area contributed by atoms with Crippen molar-refractivity contribution in [2.75, 3.05) is 26.2 Å². The molecule has 0 saturated carbocycles. The molecule has 3 amide bonds. The Bertz CT molecular complexity index is 403. The van der Waals surface area contributed by atoms with E-state index in [1.165, 1.54) is 6.92 Å². The molecular formula is C13H23N3O5. The predicted molar refractivity (Wildman–Crippen MR) is 74.6 cm³/mol. The number of rotatable bonds is 5. The van der Waals surface area contributed by atoms with Crippen LogP contribution in [0.5, 0.6) is 0 Å². The van der Waals surface area contributed by atoms with Gasteiger partial charge in [-0.3, -0.25) is 4.79 Å². The molecule has 0 radical (unpaired) electrons. The number of carboxylic acids is 1. The van der Waals surface area contributed by atoms with Crippen LogP contribution in [0.15, 0.2) is 0 Å². The van der Waals surface area contributed by atoms with E-state index in [1.54, 1.807) is 4.90 Å². The van der Waals surface area contributed by atoms with Crippen molar-refractivity contribution in [1.29, 1.82) is 0 Å². The largest absolute Gasteiger partial charge is 0.479 e. The number of nitrogens with one attached hydrogen (secondary N) is 2. The van der Waals surface area contributed by atoms with Gasteiger partial charge in [-0.25, -0.2) is 9.59 Å². The van der Waals surface area contributed by atoms with Crippen molar-refractivity contribution in [2.24, 2.45) is 5.92 Å². The summed E-state index contributed by atoms with van der Waals surface area (Å²) >= 11 is 0. The van der Waals surface area contributed by atoms with Crippen LogP contribution in [0.1, 0.15) is 26.7 Å². The molecule has 0 bridgehead atoms. The maximum atomic E-state index is 11.9. The second-order valence-corrected chi connectivity index (χ2v) is 5.61. The zero-order valence-corrected chi connectivity index (χ0v) is 12.4. The highest BCUT2D eigenvalue weighted by Crippen LogP contribution is 2.16. The molecule has 0 aliphatic carbocycles. The topological polar surface area (TPSA) is 119 Å². The number of carbonyl (C=O) groups excluding carboxylic acids is 2. The fourth-order valence-corrected chi connectivity index (χ4v) is 2.06. The first-order valence-electron chi connectivity index (χ1n) is 6.95. The molecule has 8 nitrogen and oxygen atoms in total. The smallest absolute Gasteiger partial charge is 0.337 e. The Hall–Kier alpha value is -1.83. The molecule has 0 aromatic heterocycles. The summed E-state index contributed by atoms with van der Waals surface area (Å²) in [7, 11) is 0. The molecule has 21 heavy (non-hydrogen) atoms. The van der Waals surface area contributed by atoms with Gasteiger partial charge >= 0.3 is 12.0 Å². The van der Waals surface area contributed by atoms with Crippen molar-refractivity contribution in [3.8, 4) is 0 Å².